The SMILES string of the molecule is C[C@H]1[C@@H](Nc2ccc(C(N)=O)cc2[N+](=O)[O-])CCC[C@@H]1C. The maximum Gasteiger partial charge on any atom is 0.293 e. The van der Waals surface area contributed by atoms with Crippen molar-refractivity contribution in [2.24, 2.45) is 17.6 Å². The molecular weight excluding hydrogens is 270 g/mol. The molecule has 1 amide bonds. The van der Waals surface area contributed by atoms with E-state index in [1.165, 1.54) is 18.6 Å². The van der Waals surface area contributed by atoms with Gasteiger partial charge in [-0.3, -0.25) is 14.9 Å². The lowest BCUT2D eigenvalue weighted by Crippen LogP contribution is -2.35. The third kappa shape index (κ3) is 3.32. The van der Waals surface area contributed by atoms with Gasteiger partial charge >= 0.3 is 0 Å². The van der Waals surface area contributed by atoms with Crippen LogP contribution in [0.1, 0.15) is 43.5 Å². The summed E-state index contributed by atoms with van der Waals surface area (Å²) in [7, 11) is 0. The number of carbonyl (C=O) groups excluding carboxylic acids is 1. The molecule has 0 radical (unpaired) electrons. The standard InChI is InChI=1S/C15H21N3O3/c1-9-4-3-5-12(10(9)2)17-13-7-6-11(15(16)19)8-14(13)18(20)21/h6-10,12,17H,3-5H2,1-2H3,(H2,16,19)/t9-,10+,12-/m0/s1. The predicted octanol–water partition coefficient (Wildman–Crippen LogP) is 2.93. The summed E-state index contributed by atoms with van der Waals surface area (Å²) in [6.45, 7) is 4.38. The second-order valence-corrected chi connectivity index (χ2v) is 5.87. The molecule has 1 aliphatic rings. The van der Waals surface area contributed by atoms with Gasteiger partial charge in [0.25, 0.3) is 5.69 Å². The molecule has 2 rings (SSSR count). The van der Waals surface area contributed by atoms with Gasteiger partial charge in [-0.2, -0.15) is 0 Å². The van der Waals surface area contributed by atoms with Crippen molar-refractivity contribution in [3.63, 3.8) is 0 Å². The lowest BCUT2D eigenvalue weighted by molar-refractivity contribution is -0.384. The molecule has 0 spiro atoms. The lowest BCUT2D eigenvalue weighted by atomic mass is 9.78. The number of hydrogen-bond donors (Lipinski definition) is 2. The van der Waals surface area contributed by atoms with Crippen LogP contribution in [0.3, 0.4) is 0 Å². The van der Waals surface area contributed by atoms with Crippen LogP contribution in [-0.4, -0.2) is 16.9 Å². The highest BCUT2D eigenvalue weighted by atomic mass is 16.6. The minimum Gasteiger partial charge on any atom is -0.376 e. The van der Waals surface area contributed by atoms with Crippen molar-refractivity contribution in [1.82, 2.24) is 0 Å². The summed E-state index contributed by atoms with van der Waals surface area (Å²) in [5.74, 6) is 0.388. The smallest absolute Gasteiger partial charge is 0.293 e. The van der Waals surface area contributed by atoms with Gasteiger partial charge in [-0.25, -0.2) is 0 Å². The van der Waals surface area contributed by atoms with E-state index in [-0.39, 0.29) is 17.3 Å². The number of carbonyl (C=O) groups is 1. The second-order valence-electron chi connectivity index (χ2n) is 5.87. The molecule has 114 valence electrons. The first-order valence-electron chi connectivity index (χ1n) is 7.25. The first-order chi connectivity index (χ1) is 9.90. The topological polar surface area (TPSA) is 98.3 Å². The summed E-state index contributed by atoms with van der Waals surface area (Å²) >= 11 is 0. The average Bonchev–Trinajstić information content (AvgIpc) is 2.43. The Hall–Kier alpha value is -2.11. The number of primary amides is 1. The van der Waals surface area contributed by atoms with E-state index >= 15 is 0 Å². The summed E-state index contributed by atoms with van der Waals surface area (Å²) in [6.07, 6.45) is 3.32. The summed E-state index contributed by atoms with van der Waals surface area (Å²) in [4.78, 5) is 21.9. The third-order valence-electron chi connectivity index (χ3n) is 4.53. The number of nitrogens with two attached hydrogens (primary N) is 1. The molecule has 1 aromatic rings. The van der Waals surface area contributed by atoms with Gasteiger partial charge in [-0.1, -0.05) is 26.7 Å². The molecule has 3 N–H and O–H groups in total. The normalized spacial score (nSPS) is 25.3. The van der Waals surface area contributed by atoms with E-state index in [4.69, 9.17) is 5.73 Å². The largest absolute Gasteiger partial charge is 0.376 e. The van der Waals surface area contributed by atoms with Gasteiger partial charge in [-0.05, 0) is 30.4 Å². The van der Waals surface area contributed by atoms with E-state index in [1.54, 1.807) is 6.07 Å². The fourth-order valence-corrected chi connectivity index (χ4v) is 2.94. The van der Waals surface area contributed by atoms with Crippen LogP contribution in [0.25, 0.3) is 0 Å². The van der Waals surface area contributed by atoms with Crippen LogP contribution in [0.4, 0.5) is 11.4 Å². The Morgan fingerprint density at radius 3 is 2.71 bits per heavy atom. The van der Waals surface area contributed by atoms with Gasteiger partial charge in [0.1, 0.15) is 5.69 Å². The summed E-state index contributed by atoms with van der Waals surface area (Å²) < 4.78 is 0. The van der Waals surface area contributed by atoms with Crippen molar-refractivity contribution >= 4 is 17.3 Å². The van der Waals surface area contributed by atoms with E-state index in [1.807, 2.05) is 0 Å². The minimum absolute atomic E-state index is 0.100. The summed E-state index contributed by atoms with van der Waals surface area (Å²) in [5, 5.41) is 14.5. The molecule has 1 aliphatic carbocycles. The van der Waals surface area contributed by atoms with Crippen molar-refractivity contribution < 1.29 is 9.72 Å². The Morgan fingerprint density at radius 1 is 1.38 bits per heavy atom. The molecule has 3 atom stereocenters. The van der Waals surface area contributed by atoms with Crippen LogP contribution in [0.15, 0.2) is 18.2 Å². The molecule has 1 fully saturated rings. The van der Waals surface area contributed by atoms with E-state index in [9.17, 15) is 14.9 Å². The maximum atomic E-state index is 11.2. The fourth-order valence-electron chi connectivity index (χ4n) is 2.94. The lowest BCUT2D eigenvalue weighted by Gasteiger charge is -2.35. The molecule has 6 nitrogen and oxygen atoms in total. The molecule has 1 saturated carbocycles. The van der Waals surface area contributed by atoms with Gasteiger partial charge in [0, 0.05) is 17.7 Å². The number of nitro benzene ring substituents is 1. The first-order valence-corrected chi connectivity index (χ1v) is 7.25. The number of anilines is 1. The zero-order valence-electron chi connectivity index (χ0n) is 12.3. The van der Waals surface area contributed by atoms with E-state index in [0.717, 1.165) is 12.8 Å². The number of rotatable bonds is 4. The van der Waals surface area contributed by atoms with Gasteiger partial charge < -0.3 is 11.1 Å². The molecular formula is C15H21N3O3. The molecule has 0 unspecified atom stereocenters. The van der Waals surface area contributed by atoms with E-state index in [0.29, 0.717) is 17.5 Å². The zero-order chi connectivity index (χ0) is 15.6. The van der Waals surface area contributed by atoms with Crippen LogP contribution >= 0.6 is 0 Å². The molecule has 1 aromatic carbocycles. The Bertz CT molecular complexity index is 559. The van der Waals surface area contributed by atoms with Crippen molar-refractivity contribution in [3.05, 3.63) is 33.9 Å². The molecule has 0 aliphatic heterocycles. The number of nitrogens with zero attached hydrogens (tertiary/aromatic N) is 1. The highest BCUT2D eigenvalue weighted by Crippen LogP contribution is 2.34. The third-order valence-corrected chi connectivity index (χ3v) is 4.53. The molecule has 0 heterocycles. The molecule has 0 saturated heterocycles. The fraction of sp³-hybridized carbons (Fsp3) is 0.533. The number of benzene rings is 1. The van der Waals surface area contributed by atoms with Crippen LogP contribution in [0, 0.1) is 22.0 Å². The highest BCUT2D eigenvalue weighted by Gasteiger charge is 2.28. The van der Waals surface area contributed by atoms with Gasteiger partial charge in [0.15, 0.2) is 0 Å². The Morgan fingerprint density at radius 2 is 2.10 bits per heavy atom. The minimum atomic E-state index is -0.663. The molecule has 6 heteroatoms. The van der Waals surface area contributed by atoms with Crippen molar-refractivity contribution in [2.45, 2.75) is 39.2 Å². The number of nitro groups is 1. The van der Waals surface area contributed by atoms with Crippen LogP contribution in [-0.2, 0) is 0 Å². The molecule has 0 bridgehead atoms. The van der Waals surface area contributed by atoms with E-state index in [2.05, 4.69) is 19.2 Å². The van der Waals surface area contributed by atoms with E-state index < -0.39 is 10.8 Å². The molecule has 21 heavy (non-hydrogen) atoms. The highest BCUT2D eigenvalue weighted by molar-refractivity contribution is 5.94. The van der Waals surface area contributed by atoms with Gasteiger partial charge in [-0.15, -0.1) is 0 Å². The van der Waals surface area contributed by atoms with Gasteiger partial charge in [0.2, 0.25) is 5.91 Å². The number of hydrogen-bond acceptors (Lipinski definition) is 4. The monoisotopic (exact) mass is 291 g/mol. The Balaban J connectivity index is 2.27. The molecule has 0 aromatic heterocycles. The predicted molar refractivity (Wildman–Crippen MR) is 81.2 cm³/mol. The Labute approximate surface area is 123 Å². The van der Waals surface area contributed by atoms with Crippen molar-refractivity contribution in [2.75, 3.05) is 5.32 Å². The number of amides is 1. The maximum absolute atomic E-state index is 11.2. The Kier molecular flexibility index (Phi) is 4.45. The zero-order valence-corrected chi connectivity index (χ0v) is 12.3. The van der Waals surface area contributed by atoms with Crippen LogP contribution < -0.4 is 11.1 Å². The quantitative estimate of drug-likeness (QED) is 0.658. The van der Waals surface area contributed by atoms with Crippen molar-refractivity contribution in [1.29, 1.82) is 0 Å². The van der Waals surface area contributed by atoms with Crippen molar-refractivity contribution in [3.8, 4) is 0 Å². The first kappa shape index (κ1) is 15.3. The van der Waals surface area contributed by atoms with Crippen LogP contribution in [0.2, 0.25) is 0 Å². The second kappa shape index (κ2) is 6.11. The summed E-state index contributed by atoms with van der Waals surface area (Å²) in [6, 6.07) is 4.55. The summed E-state index contributed by atoms with van der Waals surface area (Å²) in [5.41, 5.74) is 5.68. The van der Waals surface area contributed by atoms with Gasteiger partial charge in [0.05, 0.1) is 4.92 Å². The average molecular weight is 291 g/mol. The van der Waals surface area contributed by atoms with Crippen LogP contribution in [0.5, 0.6) is 0 Å². The number of nitrogens with one attached hydrogen (secondary N) is 1.